The Kier molecular flexibility index (Phi) is 3.37. The van der Waals surface area contributed by atoms with Crippen LogP contribution in [-0.4, -0.2) is 33.9 Å². The highest BCUT2D eigenvalue weighted by molar-refractivity contribution is 5.94. The van der Waals surface area contributed by atoms with Gasteiger partial charge in [0.05, 0.1) is 18.8 Å². The average molecular weight is 272 g/mol. The van der Waals surface area contributed by atoms with E-state index in [1.54, 1.807) is 25.5 Å². The van der Waals surface area contributed by atoms with Crippen molar-refractivity contribution in [3.8, 4) is 0 Å². The van der Waals surface area contributed by atoms with Gasteiger partial charge >= 0.3 is 5.97 Å². The summed E-state index contributed by atoms with van der Waals surface area (Å²) >= 11 is 0. The van der Waals surface area contributed by atoms with E-state index in [2.05, 4.69) is 15.4 Å². The molecule has 2 aromatic rings. The predicted octanol–water partition coefficient (Wildman–Crippen LogP) is 1.86. The van der Waals surface area contributed by atoms with Crippen molar-refractivity contribution in [2.75, 3.05) is 18.5 Å². The third-order valence-electron chi connectivity index (χ3n) is 3.39. The maximum atomic E-state index is 11.9. The van der Waals surface area contributed by atoms with Crippen LogP contribution < -0.4 is 5.32 Å². The molecular weight excluding hydrogens is 256 g/mol. The molecule has 3 heterocycles. The quantitative estimate of drug-likeness (QED) is 0.864. The highest BCUT2D eigenvalue weighted by Gasteiger charge is 2.27. The molecule has 0 fully saturated rings. The van der Waals surface area contributed by atoms with Gasteiger partial charge < -0.3 is 10.1 Å². The zero-order chi connectivity index (χ0) is 13.9. The summed E-state index contributed by atoms with van der Waals surface area (Å²) in [4.78, 5) is 15.9. The van der Waals surface area contributed by atoms with Gasteiger partial charge in [-0.1, -0.05) is 0 Å². The number of hydrogen-bond acceptors (Lipinski definition) is 5. The van der Waals surface area contributed by atoms with Crippen LogP contribution in [-0.2, 0) is 4.74 Å². The number of carbonyl (C=O) groups excluding carboxylic acids is 1. The first-order valence-electron chi connectivity index (χ1n) is 6.69. The smallest absolute Gasteiger partial charge is 0.343 e. The van der Waals surface area contributed by atoms with E-state index in [1.165, 1.54) is 0 Å². The Morgan fingerprint density at radius 2 is 2.30 bits per heavy atom. The minimum Gasteiger partial charge on any atom is -0.462 e. The Morgan fingerprint density at radius 1 is 1.50 bits per heavy atom. The molecule has 0 radical (unpaired) electrons. The van der Waals surface area contributed by atoms with Gasteiger partial charge in [0.25, 0.3) is 0 Å². The molecule has 1 atom stereocenters. The molecule has 1 aliphatic rings. The van der Waals surface area contributed by atoms with Crippen LogP contribution in [0.25, 0.3) is 0 Å². The number of rotatable bonds is 3. The summed E-state index contributed by atoms with van der Waals surface area (Å²) in [5, 5.41) is 7.59. The van der Waals surface area contributed by atoms with E-state index in [4.69, 9.17) is 4.74 Å². The van der Waals surface area contributed by atoms with Crippen LogP contribution >= 0.6 is 0 Å². The molecule has 6 nitrogen and oxygen atoms in total. The summed E-state index contributed by atoms with van der Waals surface area (Å²) in [7, 11) is 0. The van der Waals surface area contributed by atoms with Crippen molar-refractivity contribution >= 4 is 11.8 Å². The van der Waals surface area contributed by atoms with Crippen LogP contribution in [0.15, 0.2) is 30.7 Å². The van der Waals surface area contributed by atoms with Crippen molar-refractivity contribution in [2.45, 2.75) is 19.4 Å². The molecule has 0 aliphatic carbocycles. The Labute approximate surface area is 116 Å². The van der Waals surface area contributed by atoms with Crippen LogP contribution in [0.3, 0.4) is 0 Å². The summed E-state index contributed by atoms with van der Waals surface area (Å²) < 4.78 is 6.90. The van der Waals surface area contributed by atoms with Gasteiger partial charge in [-0.3, -0.25) is 4.98 Å². The number of fused-ring (bicyclic) bond motifs is 1. The van der Waals surface area contributed by atoms with Gasteiger partial charge in [-0.2, -0.15) is 5.10 Å². The molecule has 0 saturated carbocycles. The lowest BCUT2D eigenvalue weighted by molar-refractivity contribution is 0.0527. The molecule has 104 valence electrons. The van der Waals surface area contributed by atoms with Gasteiger partial charge in [-0.25, -0.2) is 9.48 Å². The molecule has 2 aromatic heterocycles. The molecule has 0 bridgehead atoms. The highest BCUT2D eigenvalue weighted by atomic mass is 16.5. The lowest BCUT2D eigenvalue weighted by Crippen LogP contribution is -2.25. The predicted molar refractivity (Wildman–Crippen MR) is 73.7 cm³/mol. The Hall–Kier alpha value is -2.37. The molecule has 0 aromatic carbocycles. The fourth-order valence-corrected chi connectivity index (χ4v) is 2.48. The van der Waals surface area contributed by atoms with Gasteiger partial charge in [0, 0.05) is 18.9 Å². The molecule has 0 spiro atoms. The zero-order valence-electron chi connectivity index (χ0n) is 11.2. The van der Waals surface area contributed by atoms with Gasteiger partial charge in [-0.05, 0) is 31.0 Å². The van der Waals surface area contributed by atoms with Gasteiger partial charge in [-0.15, -0.1) is 0 Å². The molecule has 0 amide bonds. The lowest BCUT2D eigenvalue weighted by Gasteiger charge is -2.26. The largest absolute Gasteiger partial charge is 0.462 e. The number of nitrogens with one attached hydrogen (secondary N) is 1. The number of nitrogens with zero attached hydrogens (tertiary/aromatic N) is 3. The number of carbonyl (C=O) groups is 1. The Balaban J connectivity index is 1.97. The number of esters is 1. The second-order valence-corrected chi connectivity index (χ2v) is 4.58. The molecule has 6 heteroatoms. The number of ether oxygens (including phenoxy) is 1. The van der Waals surface area contributed by atoms with Crippen molar-refractivity contribution in [1.29, 1.82) is 0 Å². The number of hydrogen-bond donors (Lipinski definition) is 1. The summed E-state index contributed by atoms with van der Waals surface area (Å²) in [5.41, 5.74) is 1.63. The first kappa shape index (κ1) is 12.7. The summed E-state index contributed by atoms with van der Waals surface area (Å²) in [6.07, 6.45) is 6.03. The van der Waals surface area contributed by atoms with Crippen molar-refractivity contribution in [1.82, 2.24) is 14.8 Å². The Morgan fingerprint density at radius 3 is 3.05 bits per heavy atom. The van der Waals surface area contributed by atoms with E-state index in [-0.39, 0.29) is 12.0 Å². The summed E-state index contributed by atoms with van der Waals surface area (Å²) in [6.45, 7) is 2.95. The van der Waals surface area contributed by atoms with E-state index in [0.717, 1.165) is 24.3 Å². The number of pyridine rings is 1. The third kappa shape index (κ3) is 2.13. The van der Waals surface area contributed by atoms with Gasteiger partial charge in [0.1, 0.15) is 11.4 Å². The van der Waals surface area contributed by atoms with Crippen LogP contribution in [0, 0.1) is 0 Å². The minimum absolute atomic E-state index is 0.123. The average Bonchev–Trinajstić information content (AvgIpc) is 2.92. The minimum atomic E-state index is -0.336. The molecule has 3 rings (SSSR count). The lowest BCUT2D eigenvalue weighted by atomic mass is 10.0. The normalized spacial score (nSPS) is 17.1. The number of aromatic nitrogens is 3. The maximum Gasteiger partial charge on any atom is 0.343 e. The molecule has 1 unspecified atom stereocenters. The SMILES string of the molecule is CCOC(=O)c1cnn2c1NCCC2c1ccncc1. The molecular formula is C14H16N4O2. The third-order valence-corrected chi connectivity index (χ3v) is 3.39. The van der Waals surface area contributed by atoms with Crippen molar-refractivity contribution < 1.29 is 9.53 Å². The van der Waals surface area contributed by atoms with Crippen molar-refractivity contribution in [3.05, 3.63) is 41.9 Å². The monoisotopic (exact) mass is 272 g/mol. The Bertz CT molecular complexity index is 609. The van der Waals surface area contributed by atoms with Crippen LogP contribution in [0.2, 0.25) is 0 Å². The summed E-state index contributed by atoms with van der Waals surface area (Å²) in [5.74, 6) is 0.396. The standard InChI is InChI=1S/C14H16N4O2/c1-2-20-14(19)11-9-17-18-12(5-8-16-13(11)18)10-3-6-15-7-4-10/h3-4,6-7,9,12,16H,2,5,8H2,1H3. The summed E-state index contributed by atoms with van der Waals surface area (Å²) in [6, 6.07) is 4.08. The second kappa shape index (κ2) is 5.32. The van der Waals surface area contributed by atoms with E-state index < -0.39 is 0 Å². The molecule has 1 N–H and O–H groups in total. The maximum absolute atomic E-state index is 11.9. The first-order valence-corrected chi connectivity index (χ1v) is 6.69. The fourth-order valence-electron chi connectivity index (χ4n) is 2.48. The van der Waals surface area contributed by atoms with Gasteiger partial charge in [0.15, 0.2) is 0 Å². The van der Waals surface area contributed by atoms with Crippen LogP contribution in [0.1, 0.15) is 35.3 Å². The van der Waals surface area contributed by atoms with E-state index >= 15 is 0 Å². The van der Waals surface area contributed by atoms with Gasteiger partial charge in [0.2, 0.25) is 0 Å². The number of anilines is 1. The van der Waals surface area contributed by atoms with E-state index in [1.807, 2.05) is 16.8 Å². The molecule has 0 saturated heterocycles. The second-order valence-electron chi connectivity index (χ2n) is 4.58. The first-order chi connectivity index (χ1) is 9.81. The van der Waals surface area contributed by atoms with E-state index in [9.17, 15) is 4.79 Å². The fraction of sp³-hybridized carbons (Fsp3) is 0.357. The molecule has 20 heavy (non-hydrogen) atoms. The topological polar surface area (TPSA) is 69.0 Å². The van der Waals surface area contributed by atoms with Crippen LogP contribution in [0.5, 0.6) is 0 Å². The van der Waals surface area contributed by atoms with E-state index in [0.29, 0.717) is 12.2 Å². The highest BCUT2D eigenvalue weighted by Crippen LogP contribution is 2.31. The van der Waals surface area contributed by atoms with Crippen LogP contribution in [0.4, 0.5) is 5.82 Å². The molecule has 1 aliphatic heterocycles. The van der Waals surface area contributed by atoms with Crippen molar-refractivity contribution in [2.24, 2.45) is 0 Å². The zero-order valence-corrected chi connectivity index (χ0v) is 11.2. The van der Waals surface area contributed by atoms with Crippen molar-refractivity contribution in [3.63, 3.8) is 0 Å².